The van der Waals surface area contributed by atoms with Gasteiger partial charge in [-0.25, -0.2) is 0 Å². The van der Waals surface area contributed by atoms with Crippen LogP contribution < -0.4 is 4.74 Å². The summed E-state index contributed by atoms with van der Waals surface area (Å²) in [6.07, 6.45) is 0.625. The number of rotatable bonds is 8. The number of carbonyl (C=O) groups is 1. The average molecular weight is 327 g/mol. The molecule has 2 aromatic carbocycles. The third-order valence-electron chi connectivity index (χ3n) is 3.93. The van der Waals surface area contributed by atoms with Gasteiger partial charge in [0.2, 0.25) is 0 Å². The smallest absolute Gasteiger partial charge is 0.323 e. The van der Waals surface area contributed by atoms with E-state index in [1.54, 1.807) is 7.11 Å². The summed E-state index contributed by atoms with van der Waals surface area (Å²) in [5, 5.41) is 0. The fourth-order valence-electron chi connectivity index (χ4n) is 2.66. The van der Waals surface area contributed by atoms with Gasteiger partial charge in [0.25, 0.3) is 0 Å². The molecule has 0 N–H and O–H groups in total. The van der Waals surface area contributed by atoms with Gasteiger partial charge in [0, 0.05) is 6.54 Å². The van der Waals surface area contributed by atoms with Crippen LogP contribution >= 0.6 is 0 Å². The summed E-state index contributed by atoms with van der Waals surface area (Å²) in [5.41, 5.74) is 2.22. The van der Waals surface area contributed by atoms with Crippen molar-refractivity contribution in [2.24, 2.45) is 0 Å². The first-order valence-electron chi connectivity index (χ1n) is 8.17. The Morgan fingerprint density at radius 3 is 2.46 bits per heavy atom. The van der Waals surface area contributed by atoms with Crippen LogP contribution in [0.5, 0.6) is 5.75 Å². The van der Waals surface area contributed by atoms with Crippen LogP contribution in [0.2, 0.25) is 0 Å². The molecule has 0 spiro atoms. The molecule has 0 fully saturated rings. The van der Waals surface area contributed by atoms with Gasteiger partial charge in [-0.05, 0) is 43.7 Å². The van der Waals surface area contributed by atoms with Crippen LogP contribution in [-0.4, -0.2) is 37.7 Å². The van der Waals surface area contributed by atoms with Gasteiger partial charge in [0.1, 0.15) is 11.8 Å². The van der Waals surface area contributed by atoms with Crippen LogP contribution in [-0.2, 0) is 22.5 Å². The van der Waals surface area contributed by atoms with E-state index in [4.69, 9.17) is 9.47 Å². The van der Waals surface area contributed by atoms with E-state index in [0.717, 1.165) is 16.9 Å². The molecule has 0 amide bonds. The van der Waals surface area contributed by atoms with E-state index >= 15 is 0 Å². The first-order valence-corrected chi connectivity index (χ1v) is 8.17. The second-order valence-electron chi connectivity index (χ2n) is 5.72. The lowest BCUT2D eigenvalue weighted by Crippen LogP contribution is -2.41. The normalized spacial score (nSPS) is 12.0. The molecule has 1 atom stereocenters. The molecule has 4 nitrogen and oxygen atoms in total. The molecule has 0 aliphatic rings. The second-order valence-corrected chi connectivity index (χ2v) is 5.72. The van der Waals surface area contributed by atoms with Crippen molar-refractivity contribution in [3.63, 3.8) is 0 Å². The highest BCUT2D eigenvalue weighted by Crippen LogP contribution is 2.17. The summed E-state index contributed by atoms with van der Waals surface area (Å²) >= 11 is 0. The van der Waals surface area contributed by atoms with E-state index in [2.05, 4.69) is 0 Å². The third-order valence-corrected chi connectivity index (χ3v) is 3.93. The van der Waals surface area contributed by atoms with E-state index in [1.165, 1.54) is 0 Å². The van der Waals surface area contributed by atoms with Crippen molar-refractivity contribution in [1.82, 2.24) is 4.90 Å². The van der Waals surface area contributed by atoms with Crippen LogP contribution in [0.1, 0.15) is 18.1 Å². The lowest BCUT2D eigenvalue weighted by Gasteiger charge is -2.26. The molecule has 0 aliphatic heterocycles. The standard InChI is InChI=1S/C20H25NO3/c1-4-24-20(22)19(14-16-9-6-5-7-10-16)21(2)15-17-11-8-12-18(13-17)23-3/h5-13,19H,4,14-15H2,1-3H3/t19-/m0/s1. The Kier molecular flexibility index (Phi) is 6.82. The average Bonchev–Trinajstić information content (AvgIpc) is 2.60. The van der Waals surface area contributed by atoms with Crippen molar-refractivity contribution >= 4 is 5.97 Å². The molecular formula is C20H25NO3. The number of esters is 1. The van der Waals surface area contributed by atoms with Gasteiger partial charge in [0.15, 0.2) is 0 Å². The van der Waals surface area contributed by atoms with Crippen molar-refractivity contribution < 1.29 is 14.3 Å². The molecule has 0 radical (unpaired) electrons. The molecule has 2 aromatic rings. The van der Waals surface area contributed by atoms with Crippen LogP contribution in [0.3, 0.4) is 0 Å². The molecule has 4 heteroatoms. The summed E-state index contributed by atoms with van der Waals surface area (Å²) < 4.78 is 10.5. The van der Waals surface area contributed by atoms with Crippen LogP contribution in [0.25, 0.3) is 0 Å². The highest BCUT2D eigenvalue weighted by Gasteiger charge is 2.25. The molecule has 2 rings (SSSR count). The molecule has 0 saturated heterocycles. The van der Waals surface area contributed by atoms with E-state index in [0.29, 0.717) is 19.6 Å². The first-order chi connectivity index (χ1) is 11.6. The Morgan fingerprint density at radius 2 is 1.79 bits per heavy atom. The second kappa shape index (κ2) is 9.08. The number of ether oxygens (including phenoxy) is 2. The molecule has 0 bridgehead atoms. The zero-order valence-corrected chi connectivity index (χ0v) is 14.6. The van der Waals surface area contributed by atoms with Gasteiger partial charge in [-0.3, -0.25) is 9.69 Å². The quantitative estimate of drug-likeness (QED) is 0.697. The summed E-state index contributed by atoms with van der Waals surface area (Å²) in [5.74, 6) is 0.628. The summed E-state index contributed by atoms with van der Waals surface area (Å²) in [4.78, 5) is 14.4. The Hall–Kier alpha value is -2.33. The lowest BCUT2D eigenvalue weighted by molar-refractivity contribution is -0.149. The van der Waals surface area contributed by atoms with Crippen LogP contribution in [0.15, 0.2) is 54.6 Å². The van der Waals surface area contributed by atoms with Gasteiger partial charge >= 0.3 is 5.97 Å². The van der Waals surface area contributed by atoms with E-state index in [-0.39, 0.29) is 12.0 Å². The molecule has 0 aliphatic carbocycles. The maximum Gasteiger partial charge on any atom is 0.323 e. The molecule has 0 aromatic heterocycles. The summed E-state index contributed by atoms with van der Waals surface area (Å²) in [7, 11) is 3.60. The number of carbonyl (C=O) groups excluding carboxylic acids is 1. The lowest BCUT2D eigenvalue weighted by atomic mass is 10.0. The van der Waals surface area contributed by atoms with Crippen molar-refractivity contribution in [3.05, 3.63) is 65.7 Å². The third kappa shape index (κ3) is 5.10. The van der Waals surface area contributed by atoms with Crippen molar-refractivity contribution in [3.8, 4) is 5.75 Å². The predicted octanol–water partition coefficient (Wildman–Crippen LogP) is 3.30. The number of likely N-dealkylation sites (N-methyl/N-ethyl adjacent to an activating group) is 1. The number of hydrogen-bond acceptors (Lipinski definition) is 4. The van der Waals surface area contributed by atoms with Gasteiger partial charge in [-0.15, -0.1) is 0 Å². The van der Waals surface area contributed by atoms with Gasteiger partial charge in [-0.1, -0.05) is 42.5 Å². The maximum atomic E-state index is 12.4. The molecule has 128 valence electrons. The molecular weight excluding hydrogens is 302 g/mol. The number of hydrogen-bond donors (Lipinski definition) is 0. The SMILES string of the molecule is CCOC(=O)[C@H](Cc1ccccc1)N(C)Cc1cccc(OC)c1. The van der Waals surface area contributed by atoms with Crippen molar-refractivity contribution in [1.29, 1.82) is 0 Å². The summed E-state index contributed by atoms with van der Waals surface area (Å²) in [6, 6.07) is 17.6. The topological polar surface area (TPSA) is 38.8 Å². The van der Waals surface area contributed by atoms with Gasteiger partial charge < -0.3 is 9.47 Å². The van der Waals surface area contributed by atoms with E-state index in [9.17, 15) is 4.79 Å². The van der Waals surface area contributed by atoms with Crippen molar-refractivity contribution in [2.45, 2.75) is 25.9 Å². The fraction of sp³-hybridized carbons (Fsp3) is 0.350. The molecule has 0 heterocycles. The van der Waals surface area contributed by atoms with Crippen LogP contribution in [0.4, 0.5) is 0 Å². The monoisotopic (exact) mass is 327 g/mol. The van der Waals surface area contributed by atoms with E-state index < -0.39 is 0 Å². The zero-order chi connectivity index (χ0) is 17.4. The maximum absolute atomic E-state index is 12.4. The van der Waals surface area contributed by atoms with Gasteiger partial charge in [0.05, 0.1) is 13.7 Å². The Bertz CT molecular complexity index is 642. The first kappa shape index (κ1) is 18.0. The Morgan fingerprint density at radius 1 is 1.08 bits per heavy atom. The Labute approximate surface area is 144 Å². The number of nitrogens with zero attached hydrogens (tertiary/aromatic N) is 1. The highest BCUT2D eigenvalue weighted by molar-refractivity contribution is 5.76. The summed E-state index contributed by atoms with van der Waals surface area (Å²) in [6.45, 7) is 2.87. The van der Waals surface area contributed by atoms with Gasteiger partial charge in [-0.2, -0.15) is 0 Å². The number of benzene rings is 2. The zero-order valence-electron chi connectivity index (χ0n) is 14.6. The minimum atomic E-state index is -0.321. The Balaban J connectivity index is 2.13. The minimum Gasteiger partial charge on any atom is -0.497 e. The minimum absolute atomic E-state index is 0.188. The van der Waals surface area contributed by atoms with Crippen LogP contribution in [0, 0.1) is 0 Å². The molecule has 24 heavy (non-hydrogen) atoms. The molecule has 0 saturated carbocycles. The van der Waals surface area contributed by atoms with E-state index in [1.807, 2.05) is 73.5 Å². The fourth-order valence-corrected chi connectivity index (χ4v) is 2.66. The van der Waals surface area contributed by atoms with Crippen molar-refractivity contribution in [2.75, 3.05) is 20.8 Å². The predicted molar refractivity (Wildman–Crippen MR) is 95.0 cm³/mol. The highest BCUT2D eigenvalue weighted by atomic mass is 16.5. The number of methoxy groups -OCH3 is 1. The largest absolute Gasteiger partial charge is 0.497 e. The molecule has 0 unspecified atom stereocenters.